The highest BCUT2D eigenvalue weighted by atomic mass is 16.5. The summed E-state index contributed by atoms with van der Waals surface area (Å²) in [5.74, 6) is -2.60. The van der Waals surface area contributed by atoms with Gasteiger partial charge in [0.25, 0.3) is 0 Å². The molecule has 0 spiro atoms. The van der Waals surface area contributed by atoms with Crippen LogP contribution in [0.5, 0.6) is 0 Å². The minimum Gasteiger partial charge on any atom is -0.481 e. The van der Waals surface area contributed by atoms with Crippen molar-refractivity contribution in [3.8, 4) is 0 Å². The van der Waals surface area contributed by atoms with E-state index < -0.39 is 30.0 Å². The number of rotatable bonds is 5. The van der Waals surface area contributed by atoms with Crippen molar-refractivity contribution in [2.45, 2.75) is 12.2 Å². The predicted molar refractivity (Wildman–Crippen MR) is 72.7 cm³/mol. The molecule has 2 N–H and O–H groups in total. The first kappa shape index (κ1) is 14.5. The molecular weight excluding hydrogens is 276 g/mol. The van der Waals surface area contributed by atoms with E-state index in [1.54, 1.807) is 12.2 Å². The summed E-state index contributed by atoms with van der Waals surface area (Å²) in [6.07, 6.45) is 2.65. The molecule has 0 radical (unpaired) electrons. The van der Waals surface area contributed by atoms with Gasteiger partial charge in [-0.2, -0.15) is 0 Å². The van der Waals surface area contributed by atoms with E-state index in [1.165, 1.54) is 0 Å². The molecule has 0 unspecified atom stereocenters. The number of carbonyl (C=O) groups is 2. The second-order valence-corrected chi connectivity index (χ2v) is 5.59. The first-order chi connectivity index (χ1) is 10.2. The van der Waals surface area contributed by atoms with Gasteiger partial charge in [0.15, 0.2) is 0 Å². The fraction of sp³-hybridized carbons (Fsp3) is 0.714. The summed E-state index contributed by atoms with van der Waals surface area (Å²) in [5.41, 5.74) is 0. The standard InChI is InChI=1S/C14H20N2O5/c17-13(15-3-4-16-5-7-20-8-6-16)11-9-1-2-10(21-9)12(11)14(18)19/h1-2,9-12H,3-8H2,(H,15,17)(H,18,19)/t9-,10-,11-,12-/m1/s1. The molecule has 3 aliphatic heterocycles. The van der Waals surface area contributed by atoms with Gasteiger partial charge < -0.3 is 19.9 Å². The number of carboxylic acid groups (broad SMARTS) is 1. The van der Waals surface area contributed by atoms with Crippen molar-refractivity contribution in [3.05, 3.63) is 12.2 Å². The predicted octanol–water partition coefficient (Wildman–Crippen LogP) is -0.911. The maximum absolute atomic E-state index is 12.3. The average molecular weight is 296 g/mol. The number of ether oxygens (including phenoxy) is 2. The minimum atomic E-state index is -0.972. The highest BCUT2D eigenvalue weighted by Gasteiger charge is 2.53. The molecule has 0 aromatic heterocycles. The van der Waals surface area contributed by atoms with Crippen molar-refractivity contribution in [2.75, 3.05) is 39.4 Å². The van der Waals surface area contributed by atoms with Crippen LogP contribution in [-0.4, -0.2) is 73.5 Å². The zero-order valence-corrected chi connectivity index (χ0v) is 11.7. The number of nitrogens with zero attached hydrogens (tertiary/aromatic N) is 1. The van der Waals surface area contributed by atoms with Crippen molar-refractivity contribution in [3.63, 3.8) is 0 Å². The lowest BCUT2D eigenvalue weighted by Gasteiger charge is -2.27. The van der Waals surface area contributed by atoms with Gasteiger partial charge in [-0.15, -0.1) is 0 Å². The Balaban J connectivity index is 1.50. The van der Waals surface area contributed by atoms with E-state index in [1.807, 2.05) is 0 Å². The van der Waals surface area contributed by atoms with E-state index in [0.717, 1.165) is 32.8 Å². The van der Waals surface area contributed by atoms with Crippen LogP contribution in [0.25, 0.3) is 0 Å². The zero-order chi connectivity index (χ0) is 14.8. The number of fused-ring (bicyclic) bond motifs is 2. The topological polar surface area (TPSA) is 88.1 Å². The van der Waals surface area contributed by atoms with E-state index in [9.17, 15) is 14.7 Å². The molecule has 7 heteroatoms. The second kappa shape index (κ2) is 6.13. The number of carboxylic acids is 1. The Hall–Kier alpha value is -1.44. The molecule has 116 valence electrons. The Bertz CT molecular complexity index is 447. The van der Waals surface area contributed by atoms with E-state index in [4.69, 9.17) is 9.47 Å². The van der Waals surface area contributed by atoms with Gasteiger partial charge in [0.1, 0.15) is 5.92 Å². The molecule has 2 fully saturated rings. The quantitative estimate of drug-likeness (QED) is 0.639. The van der Waals surface area contributed by atoms with Gasteiger partial charge in [0.2, 0.25) is 5.91 Å². The maximum atomic E-state index is 12.3. The summed E-state index contributed by atoms with van der Waals surface area (Å²) in [6, 6.07) is 0. The van der Waals surface area contributed by atoms with Crippen LogP contribution in [0.15, 0.2) is 12.2 Å². The monoisotopic (exact) mass is 296 g/mol. The summed E-state index contributed by atoms with van der Waals surface area (Å²) >= 11 is 0. The van der Waals surface area contributed by atoms with Gasteiger partial charge in [-0.3, -0.25) is 14.5 Å². The van der Waals surface area contributed by atoms with E-state index >= 15 is 0 Å². The van der Waals surface area contributed by atoms with E-state index in [0.29, 0.717) is 6.54 Å². The van der Waals surface area contributed by atoms with Crippen LogP contribution in [-0.2, 0) is 19.1 Å². The highest BCUT2D eigenvalue weighted by Crippen LogP contribution is 2.39. The minimum absolute atomic E-state index is 0.229. The average Bonchev–Trinajstić information content (AvgIpc) is 3.08. The fourth-order valence-corrected chi connectivity index (χ4v) is 3.19. The van der Waals surface area contributed by atoms with Crippen LogP contribution in [0, 0.1) is 11.8 Å². The Morgan fingerprint density at radius 3 is 2.52 bits per heavy atom. The molecule has 4 atom stereocenters. The summed E-state index contributed by atoms with van der Waals surface area (Å²) in [7, 11) is 0. The number of hydrogen-bond donors (Lipinski definition) is 2. The van der Waals surface area contributed by atoms with Gasteiger partial charge in [-0.25, -0.2) is 0 Å². The number of amides is 1. The zero-order valence-electron chi connectivity index (χ0n) is 11.7. The lowest BCUT2D eigenvalue weighted by Crippen LogP contribution is -2.46. The molecule has 2 bridgehead atoms. The lowest BCUT2D eigenvalue weighted by atomic mass is 9.82. The van der Waals surface area contributed by atoms with Crippen LogP contribution in [0.3, 0.4) is 0 Å². The van der Waals surface area contributed by atoms with Gasteiger partial charge in [-0.1, -0.05) is 12.2 Å². The fourth-order valence-electron chi connectivity index (χ4n) is 3.19. The molecule has 0 aliphatic carbocycles. The van der Waals surface area contributed by atoms with Gasteiger partial charge >= 0.3 is 5.97 Å². The number of morpholine rings is 1. The first-order valence-corrected chi connectivity index (χ1v) is 7.31. The van der Waals surface area contributed by atoms with Crippen molar-refractivity contribution < 1.29 is 24.2 Å². The molecule has 1 amide bonds. The summed E-state index contributed by atoms with van der Waals surface area (Å²) < 4.78 is 10.8. The lowest BCUT2D eigenvalue weighted by molar-refractivity contribution is -0.146. The molecule has 3 rings (SSSR count). The number of carbonyl (C=O) groups excluding carboxylic acids is 1. The molecule has 0 aromatic carbocycles. The van der Waals surface area contributed by atoms with Crippen molar-refractivity contribution in [1.82, 2.24) is 10.2 Å². The summed E-state index contributed by atoms with van der Waals surface area (Å²) in [6.45, 7) is 4.45. The van der Waals surface area contributed by atoms with Gasteiger partial charge in [0.05, 0.1) is 31.3 Å². The molecular formula is C14H20N2O5. The number of aliphatic carboxylic acids is 1. The molecule has 21 heavy (non-hydrogen) atoms. The Labute approximate surface area is 122 Å². The second-order valence-electron chi connectivity index (χ2n) is 5.59. The molecule has 0 aromatic rings. The van der Waals surface area contributed by atoms with Crippen LogP contribution in [0.1, 0.15) is 0 Å². The normalized spacial score (nSPS) is 35.0. The van der Waals surface area contributed by atoms with Crippen molar-refractivity contribution in [2.24, 2.45) is 11.8 Å². The maximum Gasteiger partial charge on any atom is 0.310 e. The Morgan fingerprint density at radius 2 is 1.86 bits per heavy atom. The van der Waals surface area contributed by atoms with Crippen LogP contribution in [0.4, 0.5) is 0 Å². The molecule has 0 saturated carbocycles. The molecule has 3 heterocycles. The largest absolute Gasteiger partial charge is 0.481 e. The number of hydrogen-bond acceptors (Lipinski definition) is 5. The van der Waals surface area contributed by atoms with Crippen molar-refractivity contribution >= 4 is 11.9 Å². The third kappa shape index (κ3) is 2.95. The van der Waals surface area contributed by atoms with Gasteiger partial charge in [0, 0.05) is 26.2 Å². The van der Waals surface area contributed by atoms with Crippen LogP contribution < -0.4 is 5.32 Å². The van der Waals surface area contributed by atoms with Crippen LogP contribution >= 0.6 is 0 Å². The Kier molecular flexibility index (Phi) is 4.23. The highest BCUT2D eigenvalue weighted by molar-refractivity contribution is 5.87. The van der Waals surface area contributed by atoms with Crippen molar-refractivity contribution in [1.29, 1.82) is 0 Å². The summed E-state index contributed by atoms with van der Waals surface area (Å²) in [5, 5.41) is 12.1. The third-order valence-corrected chi connectivity index (χ3v) is 4.32. The smallest absolute Gasteiger partial charge is 0.310 e. The van der Waals surface area contributed by atoms with Crippen LogP contribution in [0.2, 0.25) is 0 Å². The molecule has 7 nitrogen and oxygen atoms in total. The summed E-state index contributed by atoms with van der Waals surface area (Å²) in [4.78, 5) is 25.8. The van der Waals surface area contributed by atoms with Gasteiger partial charge in [-0.05, 0) is 0 Å². The number of nitrogens with one attached hydrogen (secondary N) is 1. The molecule has 2 saturated heterocycles. The van der Waals surface area contributed by atoms with E-state index in [2.05, 4.69) is 10.2 Å². The third-order valence-electron chi connectivity index (χ3n) is 4.32. The molecule has 3 aliphatic rings. The first-order valence-electron chi connectivity index (χ1n) is 7.31. The SMILES string of the molecule is O=C(O)[C@H]1[C@H](C(=O)NCCN2CCOCC2)[C@H]2C=C[C@H]1O2. The van der Waals surface area contributed by atoms with E-state index in [-0.39, 0.29) is 5.91 Å². The Morgan fingerprint density at radius 1 is 1.19 bits per heavy atom.